The Hall–Kier alpha value is -2.88. The van der Waals surface area contributed by atoms with Crippen LogP contribution in [0.15, 0.2) is 51.3 Å². The minimum Gasteiger partial charge on any atom is -0.452 e. The fourth-order valence-corrected chi connectivity index (χ4v) is 3.17. The molecule has 0 aliphatic carbocycles. The molecule has 3 aromatic carbocycles. The molecule has 112 valence electrons. The summed E-state index contributed by atoms with van der Waals surface area (Å²) in [7, 11) is 0. The van der Waals surface area contributed by atoms with E-state index in [1.54, 1.807) is 0 Å². The molecule has 0 radical (unpaired) electrons. The molecule has 2 aromatic heterocycles. The van der Waals surface area contributed by atoms with E-state index in [1.165, 1.54) is 0 Å². The molecule has 4 heteroatoms. The van der Waals surface area contributed by atoms with E-state index in [4.69, 9.17) is 8.83 Å². The van der Waals surface area contributed by atoms with Crippen LogP contribution in [0, 0.1) is 18.6 Å². The zero-order valence-electron chi connectivity index (χ0n) is 12.1. The third-order valence-electron chi connectivity index (χ3n) is 4.28. The zero-order chi connectivity index (χ0) is 15.7. The van der Waals surface area contributed by atoms with Crippen LogP contribution in [0.2, 0.25) is 0 Å². The average molecular weight is 308 g/mol. The quantitative estimate of drug-likeness (QED) is 0.347. The first kappa shape index (κ1) is 12.6. The molecule has 5 rings (SSSR count). The second kappa shape index (κ2) is 4.10. The lowest BCUT2D eigenvalue weighted by Gasteiger charge is -1.92. The molecule has 0 saturated heterocycles. The Bertz CT molecular complexity index is 1240. The van der Waals surface area contributed by atoms with E-state index in [1.807, 2.05) is 37.3 Å². The van der Waals surface area contributed by atoms with Gasteiger partial charge in [-0.2, -0.15) is 0 Å². The van der Waals surface area contributed by atoms with Gasteiger partial charge in [-0.05, 0) is 36.8 Å². The molecule has 0 spiro atoms. The Labute approximate surface area is 128 Å². The molecule has 0 unspecified atom stereocenters. The molecule has 0 fully saturated rings. The van der Waals surface area contributed by atoms with E-state index >= 15 is 0 Å². The molecule has 0 saturated carbocycles. The van der Waals surface area contributed by atoms with Gasteiger partial charge in [0.2, 0.25) is 0 Å². The van der Waals surface area contributed by atoms with Gasteiger partial charge in [0.05, 0.1) is 0 Å². The first-order chi connectivity index (χ1) is 11.1. The number of furan rings is 2. The summed E-state index contributed by atoms with van der Waals surface area (Å²) in [4.78, 5) is 0. The van der Waals surface area contributed by atoms with Crippen molar-refractivity contribution in [2.75, 3.05) is 0 Å². The predicted molar refractivity (Wildman–Crippen MR) is 85.7 cm³/mol. The first-order valence-electron chi connectivity index (χ1n) is 7.25. The van der Waals surface area contributed by atoms with Crippen LogP contribution < -0.4 is 0 Å². The van der Waals surface area contributed by atoms with E-state index in [-0.39, 0.29) is 0 Å². The van der Waals surface area contributed by atoms with Gasteiger partial charge in [0.1, 0.15) is 11.2 Å². The molecule has 5 aromatic rings. The Kier molecular flexibility index (Phi) is 2.25. The molecule has 0 aliphatic rings. The van der Waals surface area contributed by atoms with Gasteiger partial charge in [0, 0.05) is 27.6 Å². The van der Waals surface area contributed by atoms with Crippen LogP contribution in [0.5, 0.6) is 0 Å². The Morgan fingerprint density at radius 2 is 1.22 bits per heavy atom. The molecule has 0 atom stereocenters. The predicted octanol–water partition coefficient (Wildman–Crippen LogP) is 6.07. The van der Waals surface area contributed by atoms with Crippen molar-refractivity contribution in [3.8, 4) is 0 Å². The van der Waals surface area contributed by atoms with Gasteiger partial charge in [-0.25, -0.2) is 8.78 Å². The summed E-state index contributed by atoms with van der Waals surface area (Å²) in [5, 5.41) is 3.16. The maximum absolute atomic E-state index is 13.5. The fourth-order valence-electron chi connectivity index (χ4n) is 3.17. The van der Waals surface area contributed by atoms with Crippen LogP contribution in [-0.4, -0.2) is 0 Å². The van der Waals surface area contributed by atoms with Crippen molar-refractivity contribution >= 4 is 43.9 Å². The summed E-state index contributed by atoms with van der Waals surface area (Å²) in [6.45, 7) is 1.99. The van der Waals surface area contributed by atoms with Crippen LogP contribution in [0.3, 0.4) is 0 Å². The van der Waals surface area contributed by atoms with Gasteiger partial charge < -0.3 is 8.83 Å². The first-order valence-corrected chi connectivity index (χ1v) is 7.25. The molecule has 0 aliphatic heterocycles. The second-order valence-corrected chi connectivity index (χ2v) is 5.79. The monoisotopic (exact) mass is 308 g/mol. The van der Waals surface area contributed by atoms with Crippen molar-refractivity contribution in [3.63, 3.8) is 0 Å². The van der Waals surface area contributed by atoms with Gasteiger partial charge in [0.25, 0.3) is 0 Å². The number of aryl methyl sites for hydroxylation is 1. The number of halogens is 2. The minimum absolute atomic E-state index is 0.308. The molecule has 0 amide bonds. The Morgan fingerprint density at radius 1 is 0.652 bits per heavy atom. The fraction of sp³-hybridized carbons (Fsp3) is 0.0526. The highest BCUT2D eigenvalue weighted by Gasteiger charge is 2.17. The maximum Gasteiger partial charge on any atom is 0.178 e. The lowest BCUT2D eigenvalue weighted by Crippen LogP contribution is -1.81. The summed E-state index contributed by atoms with van der Waals surface area (Å²) in [5.41, 5.74) is 3.28. The summed E-state index contributed by atoms with van der Waals surface area (Å²) >= 11 is 0. The molecule has 2 nitrogen and oxygen atoms in total. The summed E-state index contributed by atoms with van der Waals surface area (Å²) in [6.07, 6.45) is 0. The number of benzene rings is 3. The van der Waals surface area contributed by atoms with Crippen molar-refractivity contribution in [1.29, 1.82) is 0 Å². The standard InChI is InChI=1S/C19H10F2O2/c1-9-2-3-10-11-4-5-12-13-7-14(20)15(21)8-17(13)23-19(12)18(11)22-16(10)6-9/h2-8H,1H3. The van der Waals surface area contributed by atoms with Gasteiger partial charge in [-0.3, -0.25) is 0 Å². The smallest absolute Gasteiger partial charge is 0.178 e. The third kappa shape index (κ3) is 1.60. The van der Waals surface area contributed by atoms with Crippen molar-refractivity contribution in [3.05, 3.63) is 59.7 Å². The normalized spacial score (nSPS) is 12.1. The minimum atomic E-state index is -0.923. The van der Waals surface area contributed by atoms with Gasteiger partial charge in [-0.15, -0.1) is 0 Å². The van der Waals surface area contributed by atoms with E-state index in [9.17, 15) is 8.78 Å². The number of fused-ring (bicyclic) bond motifs is 7. The van der Waals surface area contributed by atoms with Gasteiger partial charge in [0.15, 0.2) is 22.8 Å². The molecule has 0 N–H and O–H groups in total. The average Bonchev–Trinajstić information content (AvgIpc) is 3.05. The highest BCUT2D eigenvalue weighted by Crippen LogP contribution is 2.39. The maximum atomic E-state index is 13.5. The summed E-state index contributed by atoms with van der Waals surface area (Å²) in [5.74, 6) is -1.81. The van der Waals surface area contributed by atoms with E-state index in [0.29, 0.717) is 27.5 Å². The van der Waals surface area contributed by atoms with Crippen LogP contribution >= 0.6 is 0 Å². The number of hydrogen-bond donors (Lipinski definition) is 0. The Morgan fingerprint density at radius 3 is 1.96 bits per heavy atom. The second-order valence-electron chi connectivity index (χ2n) is 5.79. The van der Waals surface area contributed by atoms with Crippen LogP contribution in [-0.2, 0) is 0 Å². The van der Waals surface area contributed by atoms with Crippen molar-refractivity contribution in [1.82, 2.24) is 0 Å². The number of rotatable bonds is 0. The van der Waals surface area contributed by atoms with E-state index in [2.05, 4.69) is 0 Å². The molecule has 23 heavy (non-hydrogen) atoms. The highest BCUT2D eigenvalue weighted by molar-refractivity contribution is 6.18. The number of hydrogen-bond acceptors (Lipinski definition) is 2. The molecular weight excluding hydrogens is 298 g/mol. The molecular formula is C19H10F2O2. The summed E-state index contributed by atoms with van der Waals surface area (Å²) < 4.78 is 38.7. The third-order valence-corrected chi connectivity index (χ3v) is 4.28. The van der Waals surface area contributed by atoms with Crippen molar-refractivity contribution in [2.45, 2.75) is 6.92 Å². The van der Waals surface area contributed by atoms with Crippen LogP contribution in [0.4, 0.5) is 8.78 Å². The SMILES string of the molecule is Cc1ccc2c(c1)oc1c2ccc2c3cc(F)c(F)cc3oc21. The van der Waals surface area contributed by atoms with Crippen molar-refractivity contribution < 1.29 is 17.6 Å². The topological polar surface area (TPSA) is 26.3 Å². The highest BCUT2D eigenvalue weighted by atomic mass is 19.2. The van der Waals surface area contributed by atoms with E-state index < -0.39 is 11.6 Å². The summed E-state index contributed by atoms with van der Waals surface area (Å²) in [6, 6.07) is 12.0. The lowest BCUT2D eigenvalue weighted by molar-refractivity contribution is 0.508. The molecule has 0 bridgehead atoms. The van der Waals surface area contributed by atoms with Gasteiger partial charge in [-0.1, -0.05) is 12.1 Å². The van der Waals surface area contributed by atoms with Crippen molar-refractivity contribution in [2.24, 2.45) is 0 Å². The largest absolute Gasteiger partial charge is 0.452 e. The van der Waals surface area contributed by atoms with Crippen LogP contribution in [0.1, 0.15) is 5.56 Å². The lowest BCUT2D eigenvalue weighted by atomic mass is 10.1. The molecule has 2 heterocycles. The zero-order valence-corrected chi connectivity index (χ0v) is 12.1. The van der Waals surface area contributed by atoms with E-state index in [0.717, 1.165) is 34.1 Å². The Balaban J connectivity index is 2.01. The van der Waals surface area contributed by atoms with Crippen LogP contribution in [0.25, 0.3) is 43.9 Å². The van der Waals surface area contributed by atoms with Gasteiger partial charge >= 0.3 is 0 Å².